The second-order valence-electron chi connectivity index (χ2n) is 4.19. The third-order valence-corrected chi connectivity index (χ3v) is 3.13. The number of nitrogens with one attached hydrogen (secondary N) is 1. The Hall–Kier alpha value is -1.09. The quantitative estimate of drug-likeness (QED) is 0.769. The first-order valence-corrected chi connectivity index (χ1v) is 5.74. The molecule has 1 aromatic rings. The zero-order chi connectivity index (χ0) is 10.8. The smallest absolute Gasteiger partial charge is 0.106 e. The topological polar surface area (TPSA) is 38.0 Å². The van der Waals surface area contributed by atoms with Gasteiger partial charge in [-0.15, -0.1) is 0 Å². The van der Waals surface area contributed by atoms with Crippen molar-refractivity contribution in [3.8, 4) is 0 Å². The molecular formula is C12H16N2S. The highest BCUT2D eigenvalue weighted by molar-refractivity contribution is 7.80. The van der Waals surface area contributed by atoms with Crippen LogP contribution in [0.25, 0.3) is 0 Å². The first-order chi connectivity index (χ1) is 7.16. The van der Waals surface area contributed by atoms with Gasteiger partial charge in [-0.1, -0.05) is 18.3 Å². The van der Waals surface area contributed by atoms with E-state index in [-0.39, 0.29) is 0 Å². The molecule has 0 amide bonds. The van der Waals surface area contributed by atoms with Crippen LogP contribution in [-0.2, 0) is 0 Å². The van der Waals surface area contributed by atoms with Crippen LogP contribution in [-0.4, -0.2) is 11.0 Å². The van der Waals surface area contributed by atoms with Crippen LogP contribution in [0.5, 0.6) is 0 Å². The van der Waals surface area contributed by atoms with Crippen LogP contribution in [0.2, 0.25) is 0 Å². The summed E-state index contributed by atoms with van der Waals surface area (Å²) in [6.07, 6.45) is 3.83. The number of anilines is 1. The predicted molar refractivity (Wildman–Crippen MR) is 68.3 cm³/mol. The molecule has 0 radical (unpaired) electrons. The molecule has 2 nitrogen and oxygen atoms in total. The molecule has 1 fully saturated rings. The third-order valence-electron chi connectivity index (χ3n) is 2.91. The summed E-state index contributed by atoms with van der Waals surface area (Å²) >= 11 is 5.04. The molecule has 1 aliphatic carbocycles. The number of rotatable bonds is 3. The van der Waals surface area contributed by atoms with Gasteiger partial charge >= 0.3 is 0 Å². The standard InChI is InChI=1S/C12H16N2S/c1-8-5-6-10(12(13)15)11(7-8)14-9-3-2-4-9/h5-7,9,14H,2-4H2,1H3,(H2,13,15). The molecule has 3 N–H and O–H groups in total. The maximum absolute atomic E-state index is 5.69. The lowest BCUT2D eigenvalue weighted by atomic mass is 9.92. The van der Waals surface area contributed by atoms with Crippen LogP contribution in [0.1, 0.15) is 30.4 Å². The van der Waals surface area contributed by atoms with Crippen molar-refractivity contribution in [2.75, 3.05) is 5.32 Å². The zero-order valence-corrected chi connectivity index (χ0v) is 9.73. The van der Waals surface area contributed by atoms with Crippen molar-refractivity contribution >= 4 is 22.9 Å². The normalized spacial score (nSPS) is 15.8. The van der Waals surface area contributed by atoms with Gasteiger partial charge in [0.05, 0.1) is 0 Å². The highest BCUT2D eigenvalue weighted by Crippen LogP contribution is 2.26. The molecule has 1 aromatic carbocycles. The first kappa shape index (κ1) is 10.4. The summed E-state index contributed by atoms with van der Waals surface area (Å²) in [6, 6.07) is 6.77. The number of nitrogens with two attached hydrogens (primary N) is 1. The summed E-state index contributed by atoms with van der Waals surface area (Å²) in [5, 5.41) is 3.50. The minimum absolute atomic E-state index is 0.469. The Bertz CT molecular complexity index is 383. The van der Waals surface area contributed by atoms with Crippen molar-refractivity contribution in [3.05, 3.63) is 29.3 Å². The van der Waals surface area contributed by atoms with Crippen LogP contribution >= 0.6 is 12.2 Å². The fourth-order valence-electron chi connectivity index (χ4n) is 1.76. The summed E-state index contributed by atoms with van der Waals surface area (Å²) < 4.78 is 0. The summed E-state index contributed by atoms with van der Waals surface area (Å²) in [5.74, 6) is 0. The number of benzene rings is 1. The lowest BCUT2D eigenvalue weighted by Crippen LogP contribution is -2.28. The highest BCUT2D eigenvalue weighted by Gasteiger charge is 2.18. The van der Waals surface area contributed by atoms with Crippen molar-refractivity contribution in [1.82, 2.24) is 0 Å². The molecule has 80 valence electrons. The lowest BCUT2D eigenvalue weighted by Gasteiger charge is -2.28. The fourth-order valence-corrected chi connectivity index (χ4v) is 1.94. The average Bonchev–Trinajstić information content (AvgIpc) is 2.11. The Labute approximate surface area is 95.9 Å². The summed E-state index contributed by atoms with van der Waals surface area (Å²) in [6.45, 7) is 2.08. The van der Waals surface area contributed by atoms with Gasteiger partial charge in [0.25, 0.3) is 0 Å². The van der Waals surface area contributed by atoms with E-state index in [2.05, 4.69) is 18.3 Å². The first-order valence-electron chi connectivity index (χ1n) is 5.34. The van der Waals surface area contributed by atoms with E-state index in [0.717, 1.165) is 11.3 Å². The van der Waals surface area contributed by atoms with E-state index in [9.17, 15) is 0 Å². The van der Waals surface area contributed by atoms with Crippen LogP contribution in [0.4, 0.5) is 5.69 Å². The maximum Gasteiger partial charge on any atom is 0.106 e. The molecular weight excluding hydrogens is 204 g/mol. The van der Waals surface area contributed by atoms with Crippen LogP contribution in [0.15, 0.2) is 18.2 Å². The largest absolute Gasteiger partial charge is 0.389 e. The second kappa shape index (κ2) is 4.19. The molecule has 0 atom stereocenters. The van der Waals surface area contributed by atoms with Gasteiger partial charge < -0.3 is 11.1 Å². The molecule has 0 aromatic heterocycles. The zero-order valence-electron chi connectivity index (χ0n) is 8.92. The molecule has 3 heteroatoms. The Morgan fingerprint density at radius 3 is 2.73 bits per heavy atom. The van der Waals surface area contributed by atoms with E-state index in [0.29, 0.717) is 11.0 Å². The molecule has 0 saturated heterocycles. The SMILES string of the molecule is Cc1ccc(C(N)=S)c(NC2CCC2)c1. The van der Waals surface area contributed by atoms with Gasteiger partial charge in [-0.25, -0.2) is 0 Å². The molecule has 0 spiro atoms. The summed E-state index contributed by atoms with van der Waals surface area (Å²) in [5.41, 5.74) is 8.98. The Balaban J connectivity index is 2.24. The molecule has 0 aliphatic heterocycles. The van der Waals surface area contributed by atoms with Gasteiger partial charge in [-0.3, -0.25) is 0 Å². The van der Waals surface area contributed by atoms with Gasteiger partial charge in [0.1, 0.15) is 4.99 Å². The van der Waals surface area contributed by atoms with Crippen LogP contribution < -0.4 is 11.1 Å². The van der Waals surface area contributed by atoms with E-state index < -0.39 is 0 Å². The van der Waals surface area contributed by atoms with Crippen molar-refractivity contribution in [1.29, 1.82) is 0 Å². The van der Waals surface area contributed by atoms with Gasteiger partial charge in [0.2, 0.25) is 0 Å². The van der Waals surface area contributed by atoms with E-state index >= 15 is 0 Å². The third kappa shape index (κ3) is 2.29. The van der Waals surface area contributed by atoms with E-state index in [1.165, 1.54) is 24.8 Å². The average molecular weight is 220 g/mol. The minimum atomic E-state index is 0.469. The second-order valence-corrected chi connectivity index (χ2v) is 4.63. The minimum Gasteiger partial charge on any atom is -0.389 e. The molecule has 0 heterocycles. The highest BCUT2D eigenvalue weighted by atomic mass is 32.1. The maximum atomic E-state index is 5.69. The van der Waals surface area contributed by atoms with Crippen molar-refractivity contribution in [3.63, 3.8) is 0 Å². The Morgan fingerprint density at radius 1 is 1.47 bits per heavy atom. The number of hydrogen-bond donors (Lipinski definition) is 2. The molecule has 15 heavy (non-hydrogen) atoms. The van der Waals surface area contributed by atoms with Crippen LogP contribution in [0, 0.1) is 6.92 Å². The van der Waals surface area contributed by atoms with Crippen LogP contribution in [0.3, 0.4) is 0 Å². The Kier molecular flexibility index (Phi) is 2.91. The van der Waals surface area contributed by atoms with Crippen molar-refractivity contribution in [2.24, 2.45) is 5.73 Å². The monoisotopic (exact) mass is 220 g/mol. The fraction of sp³-hybridized carbons (Fsp3) is 0.417. The van der Waals surface area contributed by atoms with E-state index in [1.807, 2.05) is 12.1 Å². The molecule has 1 aliphatic rings. The summed E-state index contributed by atoms with van der Waals surface area (Å²) in [7, 11) is 0. The Morgan fingerprint density at radius 2 is 2.20 bits per heavy atom. The van der Waals surface area contributed by atoms with Crippen molar-refractivity contribution < 1.29 is 0 Å². The molecule has 0 bridgehead atoms. The van der Waals surface area contributed by atoms with E-state index in [4.69, 9.17) is 18.0 Å². The number of aryl methyl sites for hydroxylation is 1. The van der Waals surface area contributed by atoms with Gasteiger partial charge in [-0.05, 0) is 43.9 Å². The number of thiocarbonyl (C=S) groups is 1. The van der Waals surface area contributed by atoms with Gasteiger partial charge in [0, 0.05) is 17.3 Å². The lowest BCUT2D eigenvalue weighted by molar-refractivity contribution is 0.445. The molecule has 1 saturated carbocycles. The van der Waals surface area contributed by atoms with E-state index in [1.54, 1.807) is 0 Å². The summed E-state index contributed by atoms with van der Waals surface area (Å²) in [4.78, 5) is 0.469. The van der Waals surface area contributed by atoms with Crippen molar-refractivity contribution in [2.45, 2.75) is 32.2 Å². The molecule has 2 rings (SSSR count). The van der Waals surface area contributed by atoms with Gasteiger partial charge in [-0.2, -0.15) is 0 Å². The predicted octanol–water partition coefficient (Wildman–Crippen LogP) is 2.59. The van der Waals surface area contributed by atoms with Gasteiger partial charge in [0.15, 0.2) is 0 Å². The molecule has 0 unspecified atom stereocenters. The number of hydrogen-bond acceptors (Lipinski definition) is 2.